The zero-order valence-corrected chi connectivity index (χ0v) is 21.3. The Bertz CT molecular complexity index is 1560. The number of fused-ring (bicyclic) bond motifs is 1. The third kappa shape index (κ3) is 4.96. The number of thioether (sulfide) groups is 1. The molecule has 2 N–H and O–H groups in total. The largest absolute Gasteiger partial charge is 0.497 e. The monoisotopic (exact) mass is 515 g/mol. The molecule has 0 saturated carbocycles. The van der Waals surface area contributed by atoms with Crippen molar-refractivity contribution >= 4 is 34.3 Å². The van der Waals surface area contributed by atoms with Crippen molar-refractivity contribution < 1.29 is 19.0 Å². The van der Waals surface area contributed by atoms with Gasteiger partial charge in [0.05, 0.1) is 38.5 Å². The van der Waals surface area contributed by atoms with Crippen LogP contribution in [0.3, 0.4) is 0 Å². The van der Waals surface area contributed by atoms with E-state index in [0.717, 1.165) is 22.2 Å². The van der Waals surface area contributed by atoms with Gasteiger partial charge in [0, 0.05) is 34.8 Å². The molecule has 0 spiro atoms. The van der Waals surface area contributed by atoms with Crippen LogP contribution in [0, 0.1) is 0 Å². The van der Waals surface area contributed by atoms with E-state index in [-0.39, 0.29) is 11.7 Å². The number of para-hydroxylation sites is 1. The minimum absolute atomic E-state index is 0.116. The number of hydrogen-bond acceptors (Lipinski definition) is 7. The molecular formula is C27H25N5O4S. The topological polar surface area (TPSA) is 103 Å². The molecule has 0 aliphatic carbocycles. The Morgan fingerprint density at radius 2 is 1.76 bits per heavy atom. The Morgan fingerprint density at radius 3 is 2.57 bits per heavy atom. The molecule has 10 heteroatoms. The second kappa shape index (κ2) is 10.7. The second-order valence-corrected chi connectivity index (χ2v) is 8.94. The molecule has 1 amide bonds. The number of aromatic amines is 1. The van der Waals surface area contributed by atoms with E-state index in [1.807, 2.05) is 59.3 Å². The van der Waals surface area contributed by atoms with Crippen LogP contribution in [0.15, 0.2) is 78.1 Å². The number of carbonyl (C=O) groups excluding carboxylic acids is 1. The molecule has 0 fully saturated rings. The van der Waals surface area contributed by atoms with Crippen LogP contribution in [-0.2, 0) is 4.79 Å². The summed E-state index contributed by atoms with van der Waals surface area (Å²) in [6, 6.07) is 20.9. The molecule has 37 heavy (non-hydrogen) atoms. The summed E-state index contributed by atoms with van der Waals surface area (Å²) < 4.78 is 18.0. The predicted molar refractivity (Wildman–Crippen MR) is 144 cm³/mol. The quantitative estimate of drug-likeness (QED) is 0.261. The van der Waals surface area contributed by atoms with Crippen molar-refractivity contribution in [1.29, 1.82) is 0 Å². The number of amides is 1. The van der Waals surface area contributed by atoms with Crippen molar-refractivity contribution in [3.8, 4) is 34.3 Å². The van der Waals surface area contributed by atoms with Gasteiger partial charge in [0.1, 0.15) is 17.2 Å². The number of nitrogens with one attached hydrogen (secondary N) is 2. The van der Waals surface area contributed by atoms with Gasteiger partial charge in [0.25, 0.3) is 0 Å². The van der Waals surface area contributed by atoms with Crippen LogP contribution in [0.2, 0.25) is 0 Å². The lowest BCUT2D eigenvalue weighted by Crippen LogP contribution is -2.15. The van der Waals surface area contributed by atoms with Crippen molar-refractivity contribution in [2.45, 2.75) is 5.16 Å². The van der Waals surface area contributed by atoms with E-state index in [1.54, 1.807) is 39.5 Å². The van der Waals surface area contributed by atoms with Gasteiger partial charge in [-0.2, -0.15) is 0 Å². The van der Waals surface area contributed by atoms with Crippen molar-refractivity contribution in [3.63, 3.8) is 0 Å². The molecular weight excluding hydrogens is 490 g/mol. The summed E-state index contributed by atoms with van der Waals surface area (Å²) in [5, 5.41) is 13.5. The van der Waals surface area contributed by atoms with Crippen molar-refractivity contribution in [2.24, 2.45) is 0 Å². The maximum atomic E-state index is 12.9. The molecule has 2 aromatic heterocycles. The minimum atomic E-state index is -0.206. The van der Waals surface area contributed by atoms with E-state index >= 15 is 0 Å². The lowest BCUT2D eigenvalue weighted by atomic mass is 10.1. The zero-order chi connectivity index (χ0) is 25.8. The van der Waals surface area contributed by atoms with Crippen molar-refractivity contribution in [1.82, 2.24) is 19.7 Å². The zero-order valence-electron chi connectivity index (χ0n) is 20.5. The third-order valence-corrected chi connectivity index (χ3v) is 6.72. The molecule has 0 aliphatic rings. The molecule has 5 aromatic rings. The van der Waals surface area contributed by atoms with Gasteiger partial charge in [-0.3, -0.25) is 9.36 Å². The van der Waals surface area contributed by atoms with E-state index in [0.29, 0.717) is 33.9 Å². The summed E-state index contributed by atoms with van der Waals surface area (Å²) in [6.45, 7) is 0. The molecule has 0 bridgehead atoms. The van der Waals surface area contributed by atoms with E-state index in [1.165, 1.54) is 11.8 Å². The number of H-pyrrole nitrogens is 1. The molecule has 188 valence electrons. The molecule has 5 rings (SSSR count). The lowest BCUT2D eigenvalue weighted by Gasteiger charge is -2.13. The fourth-order valence-electron chi connectivity index (χ4n) is 3.99. The van der Waals surface area contributed by atoms with Crippen LogP contribution in [0.5, 0.6) is 17.2 Å². The van der Waals surface area contributed by atoms with Gasteiger partial charge >= 0.3 is 0 Å². The first-order chi connectivity index (χ1) is 18.1. The average Bonchev–Trinajstić information content (AvgIpc) is 3.56. The van der Waals surface area contributed by atoms with Gasteiger partial charge in [-0.25, -0.2) is 0 Å². The number of methoxy groups -OCH3 is 3. The van der Waals surface area contributed by atoms with Crippen molar-refractivity contribution in [2.75, 3.05) is 32.4 Å². The maximum absolute atomic E-state index is 12.9. The fraction of sp³-hybridized carbons (Fsp3) is 0.148. The fourth-order valence-corrected chi connectivity index (χ4v) is 4.75. The highest BCUT2D eigenvalue weighted by Gasteiger charge is 2.20. The molecule has 0 aliphatic heterocycles. The molecule has 9 nitrogen and oxygen atoms in total. The van der Waals surface area contributed by atoms with Gasteiger partial charge in [-0.1, -0.05) is 36.0 Å². The number of hydrogen-bond donors (Lipinski definition) is 2. The maximum Gasteiger partial charge on any atom is 0.234 e. The Balaban J connectivity index is 1.45. The van der Waals surface area contributed by atoms with E-state index in [4.69, 9.17) is 14.2 Å². The van der Waals surface area contributed by atoms with Gasteiger partial charge < -0.3 is 24.5 Å². The van der Waals surface area contributed by atoms with Crippen molar-refractivity contribution in [3.05, 3.63) is 72.9 Å². The van der Waals surface area contributed by atoms with Crippen LogP contribution >= 0.6 is 11.8 Å². The van der Waals surface area contributed by atoms with Gasteiger partial charge in [0.15, 0.2) is 11.0 Å². The standard InChI is InChI=1S/C27H25N5O4S/c1-34-18-8-6-7-17(13-18)32-26(21-15-28-22-10-5-4-9-20(21)22)30-31-27(32)37-16-25(33)29-23-12-11-19(35-2)14-24(23)36-3/h4-15,28H,16H2,1-3H3,(H,29,33). The van der Waals surface area contributed by atoms with E-state index < -0.39 is 0 Å². The molecule has 2 heterocycles. The number of carbonyl (C=O) groups is 1. The summed E-state index contributed by atoms with van der Waals surface area (Å²) in [4.78, 5) is 16.2. The van der Waals surface area contributed by atoms with E-state index in [2.05, 4.69) is 20.5 Å². The highest BCUT2D eigenvalue weighted by molar-refractivity contribution is 7.99. The summed E-state index contributed by atoms with van der Waals surface area (Å²) >= 11 is 1.29. The first-order valence-corrected chi connectivity index (χ1v) is 12.4. The van der Waals surface area contributed by atoms with Crippen LogP contribution in [0.1, 0.15) is 0 Å². The summed E-state index contributed by atoms with van der Waals surface area (Å²) in [5.74, 6) is 2.42. The molecule has 0 radical (unpaired) electrons. The van der Waals surface area contributed by atoms with Gasteiger partial charge in [0.2, 0.25) is 5.91 Å². The summed E-state index contributed by atoms with van der Waals surface area (Å²) in [5.41, 5.74) is 3.29. The number of rotatable bonds is 9. The van der Waals surface area contributed by atoms with Crippen LogP contribution < -0.4 is 19.5 Å². The average molecular weight is 516 g/mol. The van der Waals surface area contributed by atoms with Gasteiger partial charge in [-0.05, 0) is 30.3 Å². The Hall–Kier alpha value is -4.44. The number of aromatic nitrogens is 4. The van der Waals surface area contributed by atoms with Crippen LogP contribution in [-0.4, -0.2) is 52.7 Å². The smallest absolute Gasteiger partial charge is 0.234 e. The first kappa shape index (κ1) is 24.3. The first-order valence-electron chi connectivity index (χ1n) is 11.4. The normalized spacial score (nSPS) is 10.9. The lowest BCUT2D eigenvalue weighted by molar-refractivity contribution is -0.113. The van der Waals surface area contributed by atoms with E-state index in [9.17, 15) is 4.79 Å². The molecule has 0 atom stereocenters. The summed E-state index contributed by atoms with van der Waals surface area (Å²) in [6.07, 6.45) is 1.92. The molecule has 0 saturated heterocycles. The second-order valence-electron chi connectivity index (χ2n) is 7.99. The minimum Gasteiger partial charge on any atom is -0.497 e. The molecule has 0 unspecified atom stereocenters. The van der Waals surface area contributed by atoms with Crippen LogP contribution in [0.4, 0.5) is 5.69 Å². The van der Waals surface area contributed by atoms with Gasteiger partial charge in [-0.15, -0.1) is 10.2 Å². The summed E-state index contributed by atoms with van der Waals surface area (Å²) in [7, 11) is 4.74. The van der Waals surface area contributed by atoms with Crippen LogP contribution in [0.25, 0.3) is 28.0 Å². The number of benzene rings is 3. The predicted octanol–water partition coefficient (Wildman–Crippen LogP) is 5.17. The highest BCUT2D eigenvalue weighted by atomic mass is 32.2. The Kier molecular flexibility index (Phi) is 7.00. The SMILES string of the molecule is COc1cccc(-n2c(SCC(=O)Nc3ccc(OC)cc3OC)nnc2-c2c[nH]c3ccccc23)c1. The highest BCUT2D eigenvalue weighted by Crippen LogP contribution is 2.34. The molecule has 3 aromatic carbocycles. The number of anilines is 1. The Labute approximate surface area is 217 Å². The Morgan fingerprint density at radius 1 is 0.946 bits per heavy atom. The number of ether oxygens (including phenoxy) is 3. The number of nitrogens with zero attached hydrogens (tertiary/aromatic N) is 3. The third-order valence-electron chi connectivity index (χ3n) is 5.79.